The largest absolute Gasteiger partial charge is 0.383 e. The third kappa shape index (κ3) is 6.60. The number of terminal acetylenes is 1. The first kappa shape index (κ1) is 16.0. The van der Waals surface area contributed by atoms with E-state index in [1.54, 1.807) is 7.11 Å². The zero-order valence-electron chi connectivity index (χ0n) is 12.0. The van der Waals surface area contributed by atoms with Crippen LogP contribution in [0.2, 0.25) is 0 Å². The number of unbranched alkanes of at least 4 members (excludes halogenated alkanes) is 2. The maximum atomic E-state index is 12.2. The van der Waals surface area contributed by atoms with Gasteiger partial charge in [-0.1, -0.05) is 0 Å². The summed E-state index contributed by atoms with van der Waals surface area (Å²) in [6.45, 7) is 3.15. The first-order valence-electron chi connectivity index (χ1n) is 7.21. The average Bonchev–Trinajstić information content (AvgIpc) is 2.92. The Morgan fingerprint density at radius 2 is 2.37 bits per heavy atom. The second-order valence-electron chi connectivity index (χ2n) is 5.04. The predicted octanol–water partition coefficient (Wildman–Crippen LogP) is 1.41. The van der Waals surface area contributed by atoms with Gasteiger partial charge < -0.3 is 15.0 Å². The molecule has 1 heterocycles. The number of ether oxygens (including phenoxy) is 1. The molecule has 1 aliphatic rings. The van der Waals surface area contributed by atoms with Gasteiger partial charge in [0.1, 0.15) is 0 Å². The highest BCUT2D eigenvalue weighted by Crippen LogP contribution is 2.09. The Hall–Kier alpha value is -1.05. The summed E-state index contributed by atoms with van der Waals surface area (Å²) in [7, 11) is 1.67. The summed E-state index contributed by atoms with van der Waals surface area (Å²) in [6, 6.07) is 0.450. The van der Waals surface area contributed by atoms with Crippen LogP contribution in [0.4, 0.5) is 0 Å². The molecule has 0 bridgehead atoms. The van der Waals surface area contributed by atoms with Crippen molar-refractivity contribution in [1.82, 2.24) is 10.2 Å². The van der Waals surface area contributed by atoms with Crippen molar-refractivity contribution in [1.29, 1.82) is 0 Å². The van der Waals surface area contributed by atoms with Crippen LogP contribution in [0, 0.1) is 12.3 Å². The molecule has 4 nitrogen and oxygen atoms in total. The molecule has 1 aliphatic heterocycles. The number of amides is 1. The third-order valence-electron chi connectivity index (χ3n) is 3.48. The number of rotatable bonds is 9. The van der Waals surface area contributed by atoms with Crippen molar-refractivity contribution in [3.63, 3.8) is 0 Å². The van der Waals surface area contributed by atoms with E-state index in [0.717, 1.165) is 38.8 Å². The van der Waals surface area contributed by atoms with E-state index in [9.17, 15) is 4.79 Å². The monoisotopic (exact) mass is 266 g/mol. The van der Waals surface area contributed by atoms with Gasteiger partial charge in [-0.2, -0.15) is 0 Å². The van der Waals surface area contributed by atoms with Crippen molar-refractivity contribution in [2.75, 3.05) is 33.4 Å². The van der Waals surface area contributed by atoms with Crippen LogP contribution in [-0.2, 0) is 9.53 Å². The lowest BCUT2D eigenvalue weighted by Crippen LogP contribution is -2.42. The van der Waals surface area contributed by atoms with Gasteiger partial charge in [0.25, 0.3) is 0 Å². The van der Waals surface area contributed by atoms with E-state index < -0.39 is 0 Å². The van der Waals surface area contributed by atoms with Gasteiger partial charge in [-0.25, -0.2) is 0 Å². The third-order valence-corrected chi connectivity index (χ3v) is 3.48. The van der Waals surface area contributed by atoms with Crippen LogP contribution < -0.4 is 5.32 Å². The normalized spacial score (nSPS) is 18.2. The van der Waals surface area contributed by atoms with Crippen molar-refractivity contribution in [3.8, 4) is 12.3 Å². The molecule has 0 aromatic carbocycles. The van der Waals surface area contributed by atoms with E-state index in [2.05, 4.69) is 11.2 Å². The number of carbonyl (C=O) groups excluding carboxylic acids is 1. The maximum absolute atomic E-state index is 12.2. The summed E-state index contributed by atoms with van der Waals surface area (Å²) in [5.41, 5.74) is 0. The van der Waals surface area contributed by atoms with Gasteiger partial charge in [0.05, 0.1) is 6.61 Å². The number of hydrogen-bond acceptors (Lipinski definition) is 3. The SMILES string of the molecule is C#CCCCCC(=O)N(CCOC)CC1CCCN1. The molecule has 0 spiro atoms. The first-order valence-corrected chi connectivity index (χ1v) is 7.21. The Morgan fingerprint density at radius 3 is 3.00 bits per heavy atom. The second kappa shape index (κ2) is 9.82. The van der Waals surface area contributed by atoms with Gasteiger partial charge >= 0.3 is 0 Å². The minimum Gasteiger partial charge on any atom is -0.383 e. The van der Waals surface area contributed by atoms with Crippen LogP contribution in [0.1, 0.15) is 38.5 Å². The zero-order chi connectivity index (χ0) is 13.9. The molecular weight excluding hydrogens is 240 g/mol. The van der Waals surface area contributed by atoms with E-state index in [1.807, 2.05) is 4.90 Å². The van der Waals surface area contributed by atoms with Gasteiger partial charge in [0, 0.05) is 39.1 Å². The lowest BCUT2D eigenvalue weighted by molar-refractivity contribution is -0.132. The summed E-state index contributed by atoms with van der Waals surface area (Å²) < 4.78 is 5.09. The van der Waals surface area contributed by atoms with E-state index in [1.165, 1.54) is 6.42 Å². The minimum atomic E-state index is 0.225. The fourth-order valence-corrected chi connectivity index (χ4v) is 2.36. The summed E-state index contributed by atoms with van der Waals surface area (Å²) in [4.78, 5) is 14.1. The highest BCUT2D eigenvalue weighted by Gasteiger charge is 2.20. The van der Waals surface area contributed by atoms with Gasteiger partial charge in [0.2, 0.25) is 5.91 Å². The van der Waals surface area contributed by atoms with Gasteiger partial charge in [0.15, 0.2) is 0 Å². The summed E-state index contributed by atoms with van der Waals surface area (Å²) in [5, 5.41) is 3.43. The first-order chi connectivity index (χ1) is 9.27. The quantitative estimate of drug-likeness (QED) is 0.507. The highest BCUT2D eigenvalue weighted by molar-refractivity contribution is 5.76. The Labute approximate surface area is 116 Å². The molecule has 19 heavy (non-hydrogen) atoms. The number of methoxy groups -OCH3 is 1. The molecular formula is C15H26N2O2. The van der Waals surface area contributed by atoms with E-state index in [-0.39, 0.29) is 5.91 Å². The van der Waals surface area contributed by atoms with Crippen molar-refractivity contribution in [2.24, 2.45) is 0 Å². The van der Waals surface area contributed by atoms with Gasteiger partial charge in [-0.15, -0.1) is 12.3 Å². The van der Waals surface area contributed by atoms with E-state index in [0.29, 0.717) is 25.6 Å². The molecule has 0 aliphatic carbocycles. The van der Waals surface area contributed by atoms with Crippen molar-refractivity contribution in [2.45, 2.75) is 44.6 Å². The molecule has 1 saturated heterocycles. The minimum absolute atomic E-state index is 0.225. The molecule has 108 valence electrons. The molecule has 1 N–H and O–H groups in total. The number of carbonyl (C=O) groups is 1. The molecule has 4 heteroatoms. The van der Waals surface area contributed by atoms with E-state index in [4.69, 9.17) is 11.2 Å². The molecule has 0 saturated carbocycles. The lowest BCUT2D eigenvalue weighted by Gasteiger charge is -2.25. The Balaban J connectivity index is 2.33. The molecule has 1 fully saturated rings. The second-order valence-corrected chi connectivity index (χ2v) is 5.04. The van der Waals surface area contributed by atoms with Crippen molar-refractivity contribution in [3.05, 3.63) is 0 Å². The van der Waals surface area contributed by atoms with Crippen LogP contribution >= 0.6 is 0 Å². The molecule has 0 radical (unpaired) electrons. The Morgan fingerprint density at radius 1 is 1.53 bits per heavy atom. The van der Waals surface area contributed by atoms with Crippen LogP contribution in [-0.4, -0.2) is 50.2 Å². The van der Waals surface area contributed by atoms with Crippen molar-refractivity contribution >= 4 is 5.91 Å². The molecule has 1 amide bonds. The lowest BCUT2D eigenvalue weighted by atomic mass is 10.1. The van der Waals surface area contributed by atoms with E-state index >= 15 is 0 Å². The Bertz CT molecular complexity index is 293. The van der Waals surface area contributed by atoms with Crippen molar-refractivity contribution < 1.29 is 9.53 Å². The topological polar surface area (TPSA) is 41.6 Å². The van der Waals surface area contributed by atoms with Gasteiger partial charge in [-0.05, 0) is 32.2 Å². The van der Waals surface area contributed by atoms with Crippen LogP contribution in [0.5, 0.6) is 0 Å². The van der Waals surface area contributed by atoms with Crippen LogP contribution in [0.15, 0.2) is 0 Å². The average molecular weight is 266 g/mol. The standard InChI is InChI=1S/C15H26N2O2/c1-3-4-5-6-9-15(18)17(11-12-19-2)13-14-8-7-10-16-14/h1,14,16H,4-13H2,2H3. The number of nitrogens with zero attached hydrogens (tertiary/aromatic N) is 1. The maximum Gasteiger partial charge on any atom is 0.222 e. The molecule has 1 unspecified atom stereocenters. The number of nitrogens with one attached hydrogen (secondary N) is 1. The van der Waals surface area contributed by atoms with Crippen LogP contribution in [0.25, 0.3) is 0 Å². The fraction of sp³-hybridized carbons (Fsp3) is 0.800. The molecule has 1 atom stereocenters. The smallest absolute Gasteiger partial charge is 0.222 e. The summed E-state index contributed by atoms with van der Waals surface area (Å²) in [5.74, 6) is 2.83. The zero-order valence-corrected chi connectivity index (χ0v) is 12.0. The highest BCUT2D eigenvalue weighted by atomic mass is 16.5. The Kier molecular flexibility index (Phi) is 8.28. The summed E-state index contributed by atoms with van der Waals surface area (Å²) in [6.07, 6.45) is 10.7. The number of hydrogen-bond donors (Lipinski definition) is 1. The van der Waals surface area contributed by atoms with Gasteiger partial charge in [-0.3, -0.25) is 4.79 Å². The van der Waals surface area contributed by atoms with Crippen LogP contribution in [0.3, 0.4) is 0 Å². The molecule has 0 aromatic heterocycles. The predicted molar refractivity (Wildman–Crippen MR) is 76.8 cm³/mol. The fourth-order valence-electron chi connectivity index (χ4n) is 2.36. The molecule has 1 rings (SSSR count). The molecule has 0 aromatic rings. The summed E-state index contributed by atoms with van der Waals surface area (Å²) >= 11 is 0.